The second-order valence-electron chi connectivity index (χ2n) is 5.17. The first-order chi connectivity index (χ1) is 8.82. The van der Waals surface area contributed by atoms with Crippen LogP contribution in [0.15, 0.2) is 22.0 Å². The number of nitrogens with one attached hydrogen (secondary N) is 1. The third kappa shape index (κ3) is 2.85. The lowest BCUT2D eigenvalue weighted by atomic mass is 9.96. The van der Waals surface area contributed by atoms with Crippen LogP contribution in [0.2, 0.25) is 5.02 Å². The molecule has 1 atom stereocenters. The van der Waals surface area contributed by atoms with E-state index in [0.29, 0.717) is 24.9 Å². The standard InChI is InChI=1S/C12H17ClN2O3S/c1-8(2)9-3-4-15(7-9)19(17,18)10-5-11(13)12(16)14-6-10/h5-6,8-9H,3-4,7H2,1-2H3,(H,14,16). The van der Waals surface area contributed by atoms with Crippen molar-refractivity contribution >= 4 is 21.6 Å². The fraction of sp³-hybridized carbons (Fsp3) is 0.583. The van der Waals surface area contributed by atoms with Gasteiger partial charge in [-0.2, -0.15) is 4.31 Å². The fourth-order valence-corrected chi connectivity index (χ4v) is 4.00. The predicted molar refractivity (Wildman–Crippen MR) is 73.8 cm³/mol. The van der Waals surface area contributed by atoms with Gasteiger partial charge in [-0.3, -0.25) is 4.79 Å². The lowest BCUT2D eigenvalue weighted by Crippen LogP contribution is -2.30. The summed E-state index contributed by atoms with van der Waals surface area (Å²) in [6.07, 6.45) is 2.07. The Balaban J connectivity index is 2.28. The van der Waals surface area contributed by atoms with Crippen LogP contribution in [0.25, 0.3) is 0 Å². The third-order valence-corrected chi connectivity index (χ3v) is 5.72. The van der Waals surface area contributed by atoms with Gasteiger partial charge in [0.2, 0.25) is 10.0 Å². The van der Waals surface area contributed by atoms with Crippen LogP contribution in [-0.2, 0) is 10.0 Å². The van der Waals surface area contributed by atoms with Crippen LogP contribution in [0, 0.1) is 11.8 Å². The number of nitrogens with zero attached hydrogens (tertiary/aromatic N) is 1. The highest BCUT2D eigenvalue weighted by atomic mass is 35.5. The van der Waals surface area contributed by atoms with E-state index in [9.17, 15) is 13.2 Å². The number of sulfonamides is 1. The van der Waals surface area contributed by atoms with Gasteiger partial charge >= 0.3 is 0 Å². The van der Waals surface area contributed by atoms with Gasteiger partial charge in [-0.25, -0.2) is 8.42 Å². The van der Waals surface area contributed by atoms with Gasteiger partial charge in [-0.1, -0.05) is 25.4 Å². The molecule has 1 saturated heterocycles. The molecule has 2 heterocycles. The average Bonchev–Trinajstić information content (AvgIpc) is 2.82. The summed E-state index contributed by atoms with van der Waals surface area (Å²) in [6, 6.07) is 1.21. The molecule has 2 rings (SSSR count). The summed E-state index contributed by atoms with van der Waals surface area (Å²) in [7, 11) is -3.57. The second-order valence-corrected chi connectivity index (χ2v) is 7.51. The SMILES string of the molecule is CC(C)C1CCN(S(=O)(=O)c2c[nH]c(=O)c(Cl)c2)C1. The highest BCUT2D eigenvalue weighted by molar-refractivity contribution is 7.89. The Bertz CT molecular complexity index is 624. The van der Waals surface area contributed by atoms with Gasteiger partial charge in [0.05, 0.1) is 4.90 Å². The Labute approximate surface area is 117 Å². The molecule has 0 radical (unpaired) electrons. The first kappa shape index (κ1) is 14.6. The molecule has 19 heavy (non-hydrogen) atoms. The molecule has 0 aromatic carbocycles. The summed E-state index contributed by atoms with van der Waals surface area (Å²) in [6.45, 7) is 5.23. The first-order valence-electron chi connectivity index (χ1n) is 6.20. The summed E-state index contributed by atoms with van der Waals surface area (Å²) in [5, 5.41) is -0.110. The quantitative estimate of drug-likeness (QED) is 0.924. The van der Waals surface area contributed by atoms with E-state index in [1.807, 2.05) is 0 Å². The minimum atomic E-state index is -3.57. The van der Waals surface area contributed by atoms with E-state index in [0.717, 1.165) is 6.42 Å². The number of pyridine rings is 1. The molecule has 1 fully saturated rings. The molecule has 0 saturated carbocycles. The van der Waals surface area contributed by atoms with Crippen LogP contribution in [-0.4, -0.2) is 30.8 Å². The lowest BCUT2D eigenvalue weighted by Gasteiger charge is -2.18. The summed E-state index contributed by atoms with van der Waals surface area (Å²) >= 11 is 5.68. The number of hydrogen-bond donors (Lipinski definition) is 1. The zero-order valence-corrected chi connectivity index (χ0v) is 12.5. The maximum Gasteiger partial charge on any atom is 0.266 e. The van der Waals surface area contributed by atoms with Crippen molar-refractivity contribution in [1.82, 2.24) is 9.29 Å². The van der Waals surface area contributed by atoms with E-state index in [2.05, 4.69) is 18.8 Å². The molecule has 1 aliphatic heterocycles. The van der Waals surface area contributed by atoms with Crippen LogP contribution in [0.3, 0.4) is 0 Å². The van der Waals surface area contributed by atoms with Gasteiger partial charge in [0.15, 0.2) is 0 Å². The maximum atomic E-state index is 12.4. The molecule has 1 aromatic heterocycles. The largest absolute Gasteiger partial charge is 0.326 e. The topological polar surface area (TPSA) is 70.2 Å². The third-order valence-electron chi connectivity index (χ3n) is 3.60. The molecule has 0 spiro atoms. The average molecular weight is 305 g/mol. The number of H-pyrrole nitrogens is 1. The van der Waals surface area contributed by atoms with Crippen LogP contribution in [0.5, 0.6) is 0 Å². The molecule has 0 aliphatic carbocycles. The van der Waals surface area contributed by atoms with Crippen molar-refractivity contribution in [2.45, 2.75) is 25.2 Å². The molecule has 7 heteroatoms. The monoisotopic (exact) mass is 304 g/mol. The second kappa shape index (κ2) is 5.26. The number of hydrogen-bond acceptors (Lipinski definition) is 3. The zero-order valence-electron chi connectivity index (χ0n) is 10.9. The predicted octanol–water partition coefficient (Wildman–Crippen LogP) is 1.69. The van der Waals surface area contributed by atoms with Crippen LogP contribution in [0.4, 0.5) is 0 Å². The van der Waals surface area contributed by atoms with Gasteiger partial charge in [0, 0.05) is 19.3 Å². The van der Waals surface area contributed by atoms with Crippen LogP contribution < -0.4 is 5.56 Å². The summed E-state index contributed by atoms with van der Waals surface area (Å²) in [4.78, 5) is 13.5. The Morgan fingerprint density at radius 3 is 2.68 bits per heavy atom. The van der Waals surface area contributed by atoms with Crippen molar-refractivity contribution in [2.24, 2.45) is 11.8 Å². The van der Waals surface area contributed by atoms with E-state index < -0.39 is 15.6 Å². The van der Waals surface area contributed by atoms with Gasteiger partial charge < -0.3 is 4.98 Å². The van der Waals surface area contributed by atoms with Gasteiger partial charge in [-0.15, -0.1) is 0 Å². The minimum Gasteiger partial charge on any atom is -0.326 e. The molecule has 1 unspecified atom stereocenters. The van der Waals surface area contributed by atoms with Crippen LogP contribution in [0.1, 0.15) is 20.3 Å². The molecular weight excluding hydrogens is 288 g/mol. The summed E-state index contributed by atoms with van der Waals surface area (Å²) in [5.74, 6) is 0.840. The first-order valence-corrected chi connectivity index (χ1v) is 8.02. The van der Waals surface area contributed by atoms with Crippen molar-refractivity contribution in [2.75, 3.05) is 13.1 Å². The van der Waals surface area contributed by atoms with E-state index in [1.165, 1.54) is 16.6 Å². The van der Waals surface area contributed by atoms with Crippen molar-refractivity contribution < 1.29 is 8.42 Å². The molecule has 1 N–H and O–H groups in total. The molecule has 1 aliphatic rings. The van der Waals surface area contributed by atoms with Crippen LogP contribution >= 0.6 is 11.6 Å². The Kier molecular flexibility index (Phi) is 4.03. The Morgan fingerprint density at radius 2 is 2.16 bits per heavy atom. The molecule has 5 nitrogen and oxygen atoms in total. The minimum absolute atomic E-state index is 0.0431. The smallest absolute Gasteiger partial charge is 0.266 e. The molecule has 0 amide bonds. The Hall–Kier alpha value is -0.850. The lowest BCUT2D eigenvalue weighted by molar-refractivity contribution is 0.388. The van der Waals surface area contributed by atoms with Crippen molar-refractivity contribution in [3.63, 3.8) is 0 Å². The molecule has 0 bridgehead atoms. The van der Waals surface area contributed by atoms with E-state index in [4.69, 9.17) is 11.6 Å². The summed E-state index contributed by atoms with van der Waals surface area (Å²) in [5.41, 5.74) is -0.484. The number of rotatable bonds is 3. The van der Waals surface area contributed by atoms with E-state index in [1.54, 1.807) is 0 Å². The number of aromatic nitrogens is 1. The fourth-order valence-electron chi connectivity index (χ4n) is 2.25. The zero-order chi connectivity index (χ0) is 14.2. The number of aromatic amines is 1. The highest BCUT2D eigenvalue weighted by Gasteiger charge is 2.33. The van der Waals surface area contributed by atoms with Gasteiger partial charge in [0.25, 0.3) is 5.56 Å². The molecular formula is C12H17ClN2O3S. The normalized spacial score (nSPS) is 21.2. The van der Waals surface area contributed by atoms with Crippen molar-refractivity contribution in [1.29, 1.82) is 0 Å². The maximum absolute atomic E-state index is 12.4. The van der Waals surface area contributed by atoms with E-state index in [-0.39, 0.29) is 9.92 Å². The van der Waals surface area contributed by atoms with E-state index >= 15 is 0 Å². The van der Waals surface area contributed by atoms with Gasteiger partial charge in [0.1, 0.15) is 5.02 Å². The number of halogens is 1. The molecule has 1 aromatic rings. The highest BCUT2D eigenvalue weighted by Crippen LogP contribution is 2.28. The summed E-state index contributed by atoms with van der Waals surface area (Å²) < 4.78 is 26.3. The van der Waals surface area contributed by atoms with Crippen molar-refractivity contribution in [3.8, 4) is 0 Å². The molecule has 106 valence electrons. The Morgan fingerprint density at radius 1 is 1.47 bits per heavy atom. The van der Waals surface area contributed by atoms with Crippen molar-refractivity contribution in [3.05, 3.63) is 27.6 Å². The van der Waals surface area contributed by atoms with Gasteiger partial charge in [-0.05, 0) is 24.3 Å².